The number of ketones is 1. The smallest absolute Gasteiger partial charge is 0.195 e. The van der Waals surface area contributed by atoms with Crippen molar-refractivity contribution in [3.63, 3.8) is 0 Å². The molecule has 1 aliphatic heterocycles. The third-order valence-corrected chi connectivity index (χ3v) is 7.22. The van der Waals surface area contributed by atoms with Gasteiger partial charge in [-0.1, -0.05) is 0 Å². The van der Waals surface area contributed by atoms with Crippen molar-refractivity contribution in [3.05, 3.63) is 77.9 Å². The van der Waals surface area contributed by atoms with E-state index in [2.05, 4.69) is 4.90 Å². The van der Waals surface area contributed by atoms with Gasteiger partial charge in [-0.05, 0) is 98.2 Å². The van der Waals surface area contributed by atoms with Gasteiger partial charge < -0.3 is 14.9 Å². The number of phenolic OH excluding ortho intramolecular Hbond substituents is 2. The second-order valence-corrected chi connectivity index (χ2v) is 9.34. The highest BCUT2D eigenvalue weighted by atomic mass is 32.1. The molecule has 1 aliphatic rings. The summed E-state index contributed by atoms with van der Waals surface area (Å²) in [5.41, 5.74) is 2.02. The molecule has 0 saturated carbocycles. The van der Waals surface area contributed by atoms with Crippen molar-refractivity contribution >= 4 is 27.2 Å². The zero-order valence-electron chi connectivity index (χ0n) is 18.2. The third kappa shape index (κ3) is 4.58. The summed E-state index contributed by atoms with van der Waals surface area (Å²) in [6, 6.07) is 19.2. The van der Waals surface area contributed by atoms with Crippen molar-refractivity contribution in [1.29, 1.82) is 0 Å². The van der Waals surface area contributed by atoms with Gasteiger partial charge in [0.1, 0.15) is 23.9 Å². The molecule has 2 heterocycles. The molecule has 1 aromatic heterocycles. The van der Waals surface area contributed by atoms with Crippen LogP contribution in [0.1, 0.15) is 28.8 Å². The summed E-state index contributed by atoms with van der Waals surface area (Å²) in [6.07, 6.45) is 2.53. The third-order valence-electron chi connectivity index (χ3n) is 6.02. The van der Waals surface area contributed by atoms with Crippen LogP contribution in [0.5, 0.6) is 17.2 Å². The number of rotatable bonds is 7. The molecule has 0 radical (unpaired) electrons. The minimum absolute atomic E-state index is 0.0846. The molecule has 1 fully saturated rings. The van der Waals surface area contributed by atoms with E-state index in [0.29, 0.717) is 17.7 Å². The molecule has 3 aromatic carbocycles. The second kappa shape index (κ2) is 9.25. The summed E-state index contributed by atoms with van der Waals surface area (Å²) in [5, 5.41) is 20.4. The molecular weight excluding hydrogens is 434 g/mol. The van der Waals surface area contributed by atoms with Crippen molar-refractivity contribution in [2.75, 3.05) is 26.2 Å². The first-order valence-electron chi connectivity index (χ1n) is 11.1. The van der Waals surface area contributed by atoms with Gasteiger partial charge in [-0.2, -0.15) is 0 Å². The average molecular weight is 460 g/mol. The molecule has 1 saturated heterocycles. The van der Waals surface area contributed by atoms with Crippen LogP contribution in [0.25, 0.3) is 20.5 Å². The standard InChI is InChI=1S/C27H25NO4S/c29-20-7-3-19(4-8-20)27-25(23-12-9-21(30)17-24(23)33-27)26(31)18-5-10-22(11-6-18)32-16-15-28-13-1-2-14-28/h3-12,17,29-30H,1-2,13-16H2. The number of carbonyl (C=O) groups is 1. The van der Waals surface area contributed by atoms with E-state index in [1.54, 1.807) is 54.6 Å². The van der Waals surface area contributed by atoms with Crippen LogP contribution in [0.3, 0.4) is 0 Å². The number of hydrogen-bond donors (Lipinski definition) is 2. The molecule has 6 heteroatoms. The number of benzene rings is 3. The molecule has 4 aromatic rings. The fourth-order valence-electron chi connectivity index (χ4n) is 4.27. The summed E-state index contributed by atoms with van der Waals surface area (Å²) in [4.78, 5) is 16.8. The van der Waals surface area contributed by atoms with Crippen molar-refractivity contribution < 1.29 is 19.7 Å². The molecule has 0 bridgehead atoms. The number of nitrogens with zero attached hydrogens (tertiary/aromatic N) is 1. The van der Waals surface area contributed by atoms with E-state index >= 15 is 0 Å². The zero-order chi connectivity index (χ0) is 22.8. The van der Waals surface area contributed by atoms with Crippen LogP contribution in [-0.2, 0) is 0 Å². The maximum atomic E-state index is 13.6. The fourth-order valence-corrected chi connectivity index (χ4v) is 5.51. The Balaban J connectivity index is 1.42. The lowest BCUT2D eigenvalue weighted by Crippen LogP contribution is -2.25. The lowest BCUT2D eigenvalue weighted by atomic mass is 9.97. The van der Waals surface area contributed by atoms with Gasteiger partial charge in [-0.25, -0.2) is 0 Å². The Morgan fingerprint density at radius 2 is 1.61 bits per heavy atom. The van der Waals surface area contributed by atoms with Crippen LogP contribution in [0.2, 0.25) is 0 Å². The van der Waals surface area contributed by atoms with Gasteiger partial charge in [0.05, 0.1) is 0 Å². The van der Waals surface area contributed by atoms with E-state index in [0.717, 1.165) is 45.9 Å². The van der Waals surface area contributed by atoms with Crippen LogP contribution in [-0.4, -0.2) is 47.1 Å². The summed E-state index contributed by atoms with van der Waals surface area (Å²) in [6.45, 7) is 3.85. The minimum Gasteiger partial charge on any atom is -0.508 e. The van der Waals surface area contributed by atoms with E-state index < -0.39 is 0 Å². The van der Waals surface area contributed by atoms with Gasteiger partial charge in [0.2, 0.25) is 0 Å². The first-order valence-corrected chi connectivity index (χ1v) is 11.9. The summed E-state index contributed by atoms with van der Waals surface area (Å²) in [7, 11) is 0. The molecule has 0 amide bonds. The van der Waals surface area contributed by atoms with Gasteiger partial charge in [0.25, 0.3) is 0 Å². The average Bonchev–Trinajstić information content (AvgIpc) is 3.47. The van der Waals surface area contributed by atoms with Crippen LogP contribution in [0.4, 0.5) is 0 Å². The van der Waals surface area contributed by atoms with Crippen LogP contribution in [0, 0.1) is 0 Å². The Bertz CT molecular complexity index is 1270. The first-order chi connectivity index (χ1) is 16.1. The topological polar surface area (TPSA) is 70.0 Å². The lowest BCUT2D eigenvalue weighted by Gasteiger charge is -2.15. The van der Waals surface area contributed by atoms with Crippen molar-refractivity contribution in [2.24, 2.45) is 0 Å². The van der Waals surface area contributed by atoms with Gasteiger partial charge in [0, 0.05) is 32.6 Å². The highest BCUT2D eigenvalue weighted by Gasteiger charge is 2.22. The van der Waals surface area contributed by atoms with Gasteiger partial charge in [0.15, 0.2) is 5.78 Å². The normalized spacial score (nSPS) is 14.1. The van der Waals surface area contributed by atoms with E-state index in [1.165, 1.54) is 24.2 Å². The summed E-state index contributed by atoms with van der Waals surface area (Å²) < 4.78 is 6.72. The van der Waals surface area contributed by atoms with E-state index in [9.17, 15) is 15.0 Å². The molecule has 0 aliphatic carbocycles. The number of phenols is 2. The molecule has 0 unspecified atom stereocenters. The van der Waals surface area contributed by atoms with Crippen molar-refractivity contribution in [2.45, 2.75) is 12.8 Å². The van der Waals surface area contributed by atoms with Crippen LogP contribution < -0.4 is 4.74 Å². The molecule has 0 atom stereocenters. The second-order valence-electron chi connectivity index (χ2n) is 8.28. The van der Waals surface area contributed by atoms with Crippen molar-refractivity contribution in [3.8, 4) is 27.7 Å². The van der Waals surface area contributed by atoms with Gasteiger partial charge in [-0.15, -0.1) is 11.3 Å². The number of aromatic hydroxyl groups is 2. The van der Waals surface area contributed by atoms with Gasteiger partial charge in [-0.3, -0.25) is 9.69 Å². The molecule has 5 nitrogen and oxygen atoms in total. The number of thiophene rings is 1. The monoisotopic (exact) mass is 459 g/mol. The maximum Gasteiger partial charge on any atom is 0.195 e. The Kier molecular flexibility index (Phi) is 6.03. The summed E-state index contributed by atoms with van der Waals surface area (Å²) in [5.74, 6) is 1.00. The highest BCUT2D eigenvalue weighted by molar-refractivity contribution is 7.22. The van der Waals surface area contributed by atoms with E-state index in [1.807, 2.05) is 12.1 Å². The number of hydrogen-bond acceptors (Lipinski definition) is 6. The maximum absolute atomic E-state index is 13.6. The first kappa shape index (κ1) is 21.5. The number of likely N-dealkylation sites (tertiary alicyclic amines) is 1. The quantitative estimate of drug-likeness (QED) is 0.348. The number of carbonyl (C=O) groups excluding carboxylic acids is 1. The largest absolute Gasteiger partial charge is 0.508 e. The lowest BCUT2D eigenvalue weighted by molar-refractivity contribution is 0.104. The van der Waals surface area contributed by atoms with Gasteiger partial charge >= 0.3 is 0 Å². The van der Waals surface area contributed by atoms with Crippen LogP contribution in [0.15, 0.2) is 66.7 Å². The summed E-state index contributed by atoms with van der Waals surface area (Å²) >= 11 is 1.45. The molecule has 33 heavy (non-hydrogen) atoms. The predicted molar refractivity (Wildman–Crippen MR) is 132 cm³/mol. The van der Waals surface area contributed by atoms with E-state index in [-0.39, 0.29) is 17.3 Å². The zero-order valence-corrected chi connectivity index (χ0v) is 19.0. The minimum atomic E-state index is -0.0846. The molecule has 5 rings (SSSR count). The predicted octanol–water partition coefficient (Wildman–Crippen LogP) is 5.69. The Labute approximate surface area is 196 Å². The molecule has 0 spiro atoms. The van der Waals surface area contributed by atoms with Crippen molar-refractivity contribution in [1.82, 2.24) is 4.90 Å². The number of fused-ring (bicyclic) bond motifs is 1. The Morgan fingerprint density at radius 3 is 2.33 bits per heavy atom. The van der Waals surface area contributed by atoms with Crippen LogP contribution >= 0.6 is 11.3 Å². The Hall–Kier alpha value is -3.35. The fraction of sp³-hybridized carbons (Fsp3) is 0.222. The SMILES string of the molecule is O=C(c1ccc(OCCN2CCCC2)cc1)c1c(-c2ccc(O)cc2)sc2cc(O)ccc12. The van der Waals surface area contributed by atoms with E-state index in [4.69, 9.17) is 4.74 Å². The molecular formula is C27H25NO4S. The molecule has 168 valence electrons. The number of ether oxygens (including phenoxy) is 1. The highest BCUT2D eigenvalue weighted by Crippen LogP contribution is 2.41. The molecule has 2 N–H and O–H groups in total. The Morgan fingerprint density at radius 1 is 0.909 bits per heavy atom.